The number of hydrogen-bond donors (Lipinski definition) is 1. The highest BCUT2D eigenvalue weighted by Gasteiger charge is 2.07. The second-order valence-corrected chi connectivity index (χ2v) is 4.83. The highest BCUT2D eigenvalue weighted by Crippen LogP contribution is 2.28. The van der Waals surface area contributed by atoms with Crippen LogP contribution in [0.4, 0.5) is 0 Å². The Morgan fingerprint density at radius 2 is 1.76 bits per heavy atom. The summed E-state index contributed by atoms with van der Waals surface area (Å²) in [5.74, 6) is 0. The summed E-state index contributed by atoms with van der Waals surface area (Å²) >= 11 is 0. The number of H-pyrrole nitrogens is 1. The summed E-state index contributed by atoms with van der Waals surface area (Å²) in [4.78, 5) is 0. The molecule has 0 aliphatic carbocycles. The molecule has 4 rings (SSSR count). The zero-order chi connectivity index (χ0) is 14.1. The first-order chi connectivity index (χ1) is 10.4. The van der Waals surface area contributed by atoms with E-state index in [4.69, 9.17) is 0 Å². The average molecular weight is 272 g/mol. The van der Waals surface area contributed by atoms with E-state index in [2.05, 4.69) is 44.7 Å². The fourth-order valence-electron chi connectivity index (χ4n) is 2.49. The smallest absolute Gasteiger partial charge is 0.101 e. The monoisotopic (exact) mass is 272 g/mol. The first-order valence-corrected chi connectivity index (χ1v) is 6.72. The molecule has 0 bridgehead atoms. The van der Waals surface area contributed by atoms with Crippen molar-refractivity contribution in [2.75, 3.05) is 0 Å². The number of nitrogens with zero attached hydrogens (tertiary/aromatic N) is 3. The first-order valence-electron chi connectivity index (χ1n) is 6.72. The predicted octanol–water partition coefficient (Wildman–Crippen LogP) is 3.69. The fraction of sp³-hybridized carbons (Fsp3) is 0. The number of nitrogens with one attached hydrogen (secondary N) is 1. The number of hydrogen-bond acceptors (Lipinski definition) is 3. The Hall–Kier alpha value is -3.01. The van der Waals surface area contributed by atoms with Gasteiger partial charge in [-0.1, -0.05) is 42.5 Å². The van der Waals surface area contributed by atoms with Gasteiger partial charge in [0.1, 0.15) is 5.69 Å². The quantitative estimate of drug-likeness (QED) is 0.605. The molecule has 0 saturated heterocycles. The lowest BCUT2D eigenvalue weighted by Gasteiger charge is -2.06. The third kappa shape index (κ3) is 2.07. The van der Waals surface area contributed by atoms with Gasteiger partial charge >= 0.3 is 0 Å². The molecule has 2 aromatic carbocycles. The summed E-state index contributed by atoms with van der Waals surface area (Å²) in [5.41, 5.74) is 4.02. The average Bonchev–Trinajstić information content (AvgIpc) is 3.09. The lowest BCUT2D eigenvalue weighted by Crippen LogP contribution is -1.90. The van der Waals surface area contributed by atoms with Gasteiger partial charge in [-0.3, -0.25) is 5.10 Å². The van der Waals surface area contributed by atoms with Crippen molar-refractivity contribution in [3.05, 3.63) is 67.0 Å². The van der Waals surface area contributed by atoms with Crippen molar-refractivity contribution in [1.29, 1.82) is 0 Å². The van der Waals surface area contributed by atoms with E-state index >= 15 is 0 Å². The normalized spacial score (nSPS) is 10.9. The van der Waals surface area contributed by atoms with Crippen molar-refractivity contribution in [3.8, 4) is 22.5 Å². The Morgan fingerprint density at radius 1 is 0.857 bits per heavy atom. The van der Waals surface area contributed by atoms with Crippen molar-refractivity contribution in [1.82, 2.24) is 20.4 Å². The lowest BCUT2D eigenvalue weighted by molar-refractivity contribution is 1.06. The number of fused-ring (bicyclic) bond motifs is 1. The molecule has 0 amide bonds. The van der Waals surface area contributed by atoms with Crippen molar-refractivity contribution in [3.63, 3.8) is 0 Å². The molecule has 4 aromatic rings. The SMILES string of the molecule is c1cc(-c2ccn[nH]2)cc(-c2nncc3ccccc23)c1. The molecule has 2 aromatic heterocycles. The van der Waals surface area contributed by atoms with Gasteiger partial charge in [-0.15, -0.1) is 5.10 Å². The van der Waals surface area contributed by atoms with Crippen LogP contribution in [-0.4, -0.2) is 20.4 Å². The minimum Gasteiger partial charge on any atom is -0.278 e. The van der Waals surface area contributed by atoms with Gasteiger partial charge in [-0.25, -0.2) is 0 Å². The van der Waals surface area contributed by atoms with Crippen LogP contribution in [0.15, 0.2) is 67.0 Å². The zero-order valence-electron chi connectivity index (χ0n) is 11.2. The van der Waals surface area contributed by atoms with Crippen LogP contribution in [0, 0.1) is 0 Å². The molecule has 4 heteroatoms. The maximum absolute atomic E-state index is 4.32. The van der Waals surface area contributed by atoms with Crippen LogP contribution in [0.3, 0.4) is 0 Å². The van der Waals surface area contributed by atoms with Gasteiger partial charge in [0, 0.05) is 28.1 Å². The molecule has 4 nitrogen and oxygen atoms in total. The van der Waals surface area contributed by atoms with E-state index in [9.17, 15) is 0 Å². The Morgan fingerprint density at radius 3 is 2.67 bits per heavy atom. The van der Waals surface area contributed by atoms with Gasteiger partial charge in [-0.2, -0.15) is 10.2 Å². The molecule has 0 atom stereocenters. The van der Waals surface area contributed by atoms with Crippen molar-refractivity contribution in [2.24, 2.45) is 0 Å². The van der Waals surface area contributed by atoms with Crippen LogP contribution < -0.4 is 0 Å². The highest BCUT2D eigenvalue weighted by molar-refractivity contribution is 5.94. The molecule has 0 fully saturated rings. The molecule has 1 N–H and O–H groups in total. The summed E-state index contributed by atoms with van der Waals surface area (Å²) in [6, 6.07) is 18.3. The van der Waals surface area contributed by atoms with Crippen molar-refractivity contribution in [2.45, 2.75) is 0 Å². The van der Waals surface area contributed by atoms with E-state index in [0.29, 0.717) is 0 Å². The third-order valence-corrected chi connectivity index (χ3v) is 3.52. The fourth-order valence-corrected chi connectivity index (χ4v) is 2.49. The van der Waals surface area contributed by atoms with Crippen LogP contribution >= 0.6 is 0 Å². The predicted molar refractivity (Wildman–Crippen MR) is 82.6 cm³/mol. The third-order valence-electron chi connectivity index (χ3n) is 3.52. The van der Waals surface area contributed by atoms with E-state index in [0.717, 1.165) is 33.3 Å². The van der Waals surface area contributed by atoms with Gasteiger partial charge in [0.05, 0.1) is 11.9 Å². The van der Waals surface area contributed by atoms with E-state index < -0.39 is 0 Å². The maximum Gasteiger partial charge on any atom is 0.101 e. The Bertz CT molecular complexity index is 892. The topological polar surface area (TPSA) is 54.5 Å². The largest absolute Gasteiger partial charge is 0.278 e. The van der Waals surface area contributed by atoms with E-state index in [1.54, 1.807) is 12.4 Å². The number of benzene rings is 2. The second-order valence-electron chi connectivity index (χ2n) is 4.83. The molecule has 0 aliphatic rings. The number of rotatable bonds is 2. The summed E-state index contributed by atoms with van der Waals surface area (Å²) in [5, 5.41) is 17.6. The Labute approximate surface area is 121 Å². The molecular formula is C17H12N4. The van der Waals surface area contributed by atoms with Crippen molar-refractivity contribution < 1.29 is 0 Å². The standard InChI is InChI=1S/C17H12N4/c1-2-7-15-14(4-1)11-19-21-17(15)13-6-3-5-12(10-13)16-8-9-18-20-16/h1-11H,(H,18,20). The van der Waals surface area contributed by atoms with Crippen molar-refractivity contribution >= 4 is 10.8 Å². The molecule has 0 unspecified atom stereocenters. The second kappa shape index (κ2) is 4.83. The molecule has 21 heavy (non-hydrogen) atoms. The molecular weight excluding hydrogens is 260 g/mol. The van der Waals surface area contributed by atoms with Gasteiger partial charge in [0.2, 0.25) is 0 Å². The summed E-state index contributed by atoms with van der Waals surface area (Å²) < 4.78 is 0. The molecule has 0 aliphatic heterocycles. The molecule has 2 heterocycles. The van der Waals surface area contributed by atoms with Gasteiger partial charge < -0.3 is 0 Å². The Balaban J connectivity index is 1.91. The lowest BCUT2D eigenvalue weighted by atomic mass is 10.0. The molecule has 0 radical (unpaired) electrons. The number of aromatic nitrogens is 4. The zero-order valence-corrected chi connectivity index (χ0v) is 11.2. The number of aromatic amines is 1. The Kier molecular flexibility index (Phi) is 2.71. The minimum absolute atomic E-state index is 0.898. The van der Waals surface area contributed by atoms with Crippen LogP contribution in [0.2, 0.25) is 0 Å². The van der Waals surface area contributed by atoms with Gasteiger partial charge in [0.15, 0.2) is 0 Å². The van der Waals surface area contributed by atoms with Crippen LogP contribution in [0.5, 0.6) is 0 Å². The minimum atomic E-state index is 0.898. The molecule has 0 spiro atoms. The maximum atomic E-state index is 4.32. The van der Waals surface area contributed by atoms with E-state index in [-0.39, 0.29) is 0 Å². The molecule has 0 saturated carbocycles. The van der Waals surface area contributed by atoms with E-state index in [1.165, 1.54) is 0 Å². The van der Waals surface area contributed by atoms with Crippen LogP contribution in [-0.2, 0) is 0 Å². The summed E-state index contributed by atoms with van der Waals surface area (Å²) in [6.07, 6.45) is 3.54. The molecule has 100 valence electrons. The van der Waals surface area contributed by atoms with Gasteiger partial charge in [-0.05, 0) is 12.1 Å². The summed E-state index contributed by atoms with van der Waals surface area (Å²) in [7, 11) is 0. The van der Waals surface area contributed by atoms with E-state index in [1.807, 2.05) is 30.3 Å². The highest BCUT2D eigenvalue weighted by atomic mass is 15.1. The van der Waals surface area contributed by atoms with Gasteiger partial charge in [0.25, 0.3) is 0 Å². The summed E-state index contributed by atoms with van der Waals surface area (Å²) in [6.45, 7) is 0. The van der Waals surface area contributed by atoms with Crippen LogP contribution in [0.1, 0.15) is 0 Å². The first kappa shape index (κ1) is 11.8. The van der Waals surface area contributed by atoms with Crippen LogP contribution in [0.25, 0.3) is 33.3 Å².